The van der Waals surface area contributed by atoms with Crippen LogP contribution in [0.5, 0.6) is 0 Å². The molecule has 1 heterocycles. The molecular formula is C11H17N3O2. The van der Waals surface area contributed by atoms with Crippen LogP contribution in [0.1, 0.15) is 25.7 Å². The molecule has 1 aliphatic carbocycles. The topological polar surface area (TPSA) is 81.1 Å². The van der Waals surface area contributed by atoms with E-state index in [1.54, 1.807) is 6.20 Å². The molecule has 5 heteroatoms. The van der Waals surface area contributed by atoms with Crippen LogP contribution in [0.2, 0.25) is 0 Å². The fourth-order valence-corrected chi connectivity index (χ4v) is 2.51. The molecule has 1 fully saturated rings. The van der Waals surface area contributed by atoms with E-state index in [1.807, 2.05) is 16.9 Å². The van der Waals surface area contributed by atoms with E-state index in [-0.39, 0.29) is 5.92 Å². The van der Waals surface area contributed by atoms with Crippen molar-refractivity contribution < 1.29 is 9.90 Å². The van der Waals surface area contributed by atoms with E-state index in [0.717, 1.165) is 25.8 Å². The number of aliphatic carboxylic acids is 1. The summed E-state index contributed by atoms with van der Waals surface area (Å²) in [5.74, 6) is -0.801. The lowest BCUT2D eigenvalue weighted by Gasteiger charge is -2.26. The summed E-state index contributed by atoms with van der Waals surface area (Å²) in [5, 5.41) is 13.3. The Balaban J connectivity index is 1.96. The lowest BCUT2D eigenvalue weighted by Crippen LogP contribution is -2.51. The number of hydrogen-bond donors (Lipinski definition) is 2. The predicted molar refractivity (Wildman–Crippen MR) is 58.7 cm³/mol. The van der Waals surface area contributed by atoms with E-state index in [9.17, 15) is 4.79 Å². The van der Waals surface area contributed by atoms with Crippen LogP contribution in [0.15, 0.2) is 18.5 Å². The van der Waals surface area contributed by atoms with Crippen LogP contribution in [-0.4, -0.2) is 26.4 Å². The minimum atomic E-state index is -1.02. The lowest BCUT2D eigenvalue weighted by atomic mass is 9.86. The summed E-state index contributed by atoms with van der Waals surface area (Å²) in [6.45, 7) is 0.740. The summed E-state index contributed by atoms with van der Waals surface area (Å²) in [4.78, 5) is 11.1. The summed E-state index contributed by atoms with van der Waals surface area (Å²) in [6, 6.07) is 1.86. The molecule has 1 aromatic rings. The van der Waals surface area contributed by atoms with Crippen molar-refractivity contribution in [2.75, 3.05) is 0 Å². The van der Waals surface area contributed by atoms with Crippen molar-refractivity contribution in [3.05, 3.63) is 18.5 Å². The molecule has 1 saturated carbocycles. The van der Waals surface area contributed by atoms with Crippen molar-refractivity contribution in [3.63, 3.8) is 0 Å². The maximum atomic E-state index is 11.1. The van der Waals surface area contributed by atoms with Crippen LogP contribution < -0.4 is 5.73 Å². The summed E-state index contributed by atoms with van der Waals surface area (Å²) in [6.07, 6.45) is 6.79. The highest BCUT2D eigenvalue weighted by Gasteiger charge is 2.45. The second-order valence-electron chi connectivity index (χ2n) is 4.49. The van der Waals surface area contributed by atoms with E-state index in [2.05, 4.69) is 5.10 Å². The average molecular weight is 223 g/mol. The second kappa shape index (κ2) is 4.25. The Bertz CT molecular complexity index is 363. The molecule has 1 aromatic heterocycles. The van der Waals surface area contributed by atoms with Gasteiger partial charge in [-0.05, 0) is 31.2 Å². The summed E-state index contributed by atoms with van der Waals surface area (Å²) in [7, 11) is 0. The van der Waals surface area contributed by atoms with Crippen molar-refractivity contribution in [2.45, 2.75) is 37.8 Å². The first-order chi connectivity index (χ1) is 7.63. The van der Waals surface area contributed by atoms with Gasteiger partial charge in [0.2, 0.25) is 0 Å². The molecule has 0 aliphatic heterocycles. The van der Waals surface area contributed by atoms with E-state index in [1.165, 1.54) is 0 Å². The van der Waals surface area contributed by atoms with Gasteiger partial charge in [-0.1, -0.05) is 6.42 Å². The Kier molecular flexibility index (Phi) is 2.96. The van der Waals surface area contributed by atoms with Gasteiger partial charge in [-0.15, -0.1) is 0 Å². The van der Waals surface area contributed by atoms with Crippen LogP contribution >= 0.6 is 0 Å². The number of nitrogens with two attached hydrogens (primary N) is 1. The van der Waals surface area contributed by atoms with E-state index in [4.69, 9.17) is 10.8 Å². The molecule has 0 saturated heterocycles. The van der Waals surface area contributed by atoms with E-state index >= 15 is 0 Å². The highest BCUT2D eigenvalue weighted by atomic mass is 16.4. The zero-order chi connectivity index (χ0) is 11.6. The molecule has 3 N–H and O–H groups in total. The maximum Gasteiger partial charge on any atom is 0.323 e. The molecular weight excluding hydrogens is 206 g/mol. The van der Waals surface area contributed by atoms with Crippen molar-refractivity contribution >= 4 is 5.97 Å². The molecule has 0 amide bonds. The predicted octanol–water partition coefficient (Wildman–Crippen LogP) is 0.855. The summed E-state index contributed by atoms with van der Waals surface area (Å²) >= 11 is 0. The Labute approximate surface area is 94.2 Å². The smallest absolute Gasteiger partial charge is 0.323 e. The first-order valence-electron chi connectivity index (χ1n) is 5.62. The third kappa shape index (κ3) is 1.95. The minimum absolute atomic E-state index is 0.0641. The van der Waals surface area contributed by atoms with Crippen molar-refractivity contribution in [1.29, 1.82) is 0 Å². The summed E-state index contributed by atoms with van der Waals surface area (Å²) < 4.78 is 1.82. The molecule has 0 aromatic carbocycles. The van der Waals surface area contributed by atoms with Gasteiger partial charge in [-0.3, -0.25) is 9.48 Å². The molecule has 1 aliphatic rings. The van der Waals surface area contributed by atoms with Gasteiger partial charge in [0, 0.05) is 18.9 Å². The minimum Gasteiger partial charge on any atom is -0.480 e. The number of aryl methyl sites for hydroxylation is 1. The number of carboxylic acids is 1. The maximum absolute atomic E-state index is 11.1. The number of carboxylic acid groups (broad SMARTS) is 1. The highest BCUT2D eigenvalue weighted by molar-refractivity contribution is 5.79. The Morgan fingerprint density at radius 3 is 3.12 bits per heavy atom. The first-order valence-corrected chi connectivity index (χ1v) is 5.62. The Hall–Kier alpha value is -1.36. The van der Waals surface area contributed by atoms with Crippen molar-refractivity contribution in [1.82, 2.24) is 9.78 Å². The zero-order valence-corrected chi connectivity index (χ0v) is 9.17. The van der Waals surface area contributed by atoms with Crippen molar-refractivity contribution in [2.24, 2.45) is 11.7 Å². The molecule has 2 unspecified atom stereocenters. The Morgan fingerprint density at radius 1 is 1.69 bits per heavy atom. The van der Waals surface area contributed by atoms with Crippen LogP contribution in [0.25, 0.3) is 0 Å². The summed E-state index contributed by atoms with van der Waals surface area (Å²) in [5.41, 5.74) is 4.94. The van der Waals surface area contributed by atoms with Gasteiger partial charge in [0.1, 0.15) is 5.54 Å². The number of carbonyl (C=O) groups is 1. The molecule has 0 bridgehead atoms. The standard InChI is InChI=1S/C11H17N3O2/c12-11(10(15)16)5-1-3-9(11)4-8-14-7-2-6-13-14/h2,6-7,9H,1,3-5,8,12H2,(H,15,16). The molecule has 16 heavy (non-hydrogen) atoms. The molecule has 5 nitrogen and oxygen atoms in total. The average Bonchev–Trinajstić information content (AvgIpc) is 2.85. The zero-order valence-electron chi connectivity index (χ0n) is 9.17. The van der Waals surface area contributed by atoms with Crippen molar-refractivity contribution in [3.8, 4) is 0 Å². The molecule has 88 valence electrons. The SMILES string of the molecule is NC1(C(=O)O)CCCC1CCn1cccn1. The van der Waals surface area contributed by atoms with Gasteiger partial charge in [-0.25, -0.2) is 0 Å². The molecule has 2 atom stereocenters. The van der Waals surface area contributed by atoms with Gasteiger partial charge in [0.05, 0.1) is 0 Å². The number of aromatic nitrogens is 2. The van der Waals surface area contributed by atoms with E-state index < -0.39 is 11.5 Å². The molecule has 0 spiro atoms. The molecule has 2 rings (SSSR count). The lowest BCUT2D eigenvalue weighted by molar-refractivity contribution is -0.144. The third-order valence-corrected chi connectivity index (χ3v) is 3.54. The van der Waals surface area contributed by atoms with Gasteiger partial charge < -0.3 is 10.8 Å². The fraction of sp³-hybridized carbons (Fsp3) is 0.636. The van der Waals surface area contributed by atoms with Gasteiger partial charge >= 0.3 is 5.97 Å². The van der Waals surface area contributed by atoms with Crippen LogP contribution in [0.3, 0.4) is 0 Å². The molecule has 0 radical (unpaired) electrons. The van der Waals surface area contributed by atoms with Crippen LogP contribution in [-0.2, 0) is 11.3 Å². The first kappa shape index (κ1) is 11.1. The highest BCUT2D eigenvalue weighted by Crippen LogP contribution is 2.36. The quantitative estimate of drug-likeness (QED) is 0.793. The Morgan fingerprint density at radius 2 is 2.50 bits per heavy atom. The second-order valence-corrected chi connectivity index (χ2v) is 4.49. The fourth-order valence-electron chi connectivity index (χ4n) is 2.51. The van der Waals surface area contributed by atoms with E-state index in [0.29, 0.717) is 6.42 Å². The largest absolute Gasteiger partial charge is 0.480 e. The van der Waals surface area contributed by atoms with Gasteiger partial charge in [-0.2, -0.15) is 5.10 Å². The third-order valence-electron chi connectivity index (χ3n) is 3.54. The monoisotopic (exact) mass is 223 g/mol. The van der Waals surface area contributed by atoms with Gasteiger partial charge in [0.15, 0.2) is 0 Å². The number of rotatable bonds is 4. The van der Waals surface area contributed by atoms with Gasteiger partial charge in [0.25, 0.3) is 0 Å². The number of hydrogen-bond acceptors (Lipinski definition) is 3. The van der Waals surface area contributed by atoms with Crippen LogP contribution in [0.4, 0.5) is 0 Å². The normalized spacial score (nSPS) is 29.4. The van der Waals surface area contributed by atoms with Crippen LogP contribution in [0, 0.1) is 5.92 Å². The number of nitrogens with zero attached hydrogens (tertiary/aromatic N) is 2.